The van der Waals surface area contributed by atoms with Crippen LogP contribution in [0.4, 0.5) is 0 Å². The van der Waals surface area contributed by atoms with Crippen LogP contribution < -0.4 is 0 Å². The van der Waals surface area contributed by atoms with E-state index in [0.29, 0.717) is 10.5 Å². The Hall–Kier alpha value is -0.510. The van der Waals surface area contributed by atoms with Gasteiger partial charge in [0, 0.05) is 7.05 Å². The minimum Gasteiger partial charge on any atom is -0.325 e. The Bertz CT molecular complexity index is 382. The van der Waals surface area contributed by atoms with Crippen LogP contribution in [0, 0.1) is 23.2 Å². The summed E-state index contributed by atoms with van der Waals surface area (Å²) in [6.45, 7) is 0. The van der Waals surface area contributed by atoms with Crippen molar-refractivity contribution in [1.29, 1.82) is 0 Å². The topological polar surface area (TPSA) is 28.0 Å². The molecule has 0 radical (unpaired) electrons. The number of nitrogens with zero attached hydrogens (tertiary/aromatic N) is 3. The summed E-state index contributed by atoms with van der Waals surface area (Å²) in [5.74, 6) is 3.06. The summed E-state index contributed by atoms with van der Waals surface area (Å²) >= 11 is 5.19. The van der Waals surface area contributed by atoms with Crippen molar-refractivity contribution in [2.45, 2.75) is 51.1 Å². The molecule has 1 aliphatic heterocycles. The molecule has 0 saturated heterocycles. The Kier molecular flexibility index (Phi) is 2.36. The van der Waals surface area contributed by atoms with Crippen molar-refractivity contribution in [3.8, 4) is 0 Å². The van der Waals surface area contributed by atoms with Crippen LogP contribution >= 0.6 is 12.2 Å². The third-order valence-corrected chi connectivity index (χ3v) is 6.18. The van der Waals surface area contributed by atoms with E-state index < -0.39 is 0 Å². The van der Waals surface area contributed by atoms with Crippen LogP contribution in [0.25, 0.3) is 0 Å². The van der Waals surface area contributed by atoms with Gasteiger partial charge in [-0.1, -0.05) is 0 Å². The van der Waals surface area contributed by atoms with Gasteiger partial charge >= 0.3 is 0 Å². The molecule has 1 heterocycles. The number of azo groups is 1. The molecule has 0 spiro atoms. The van der Waals surface area contributed by atoms with Crippen LogP contribution in [0.1, 0.15) is 44.9 Å². The van der Waals surface area contributed by atoms with Gasteiger partial charge < -0.3 is 4.90 Å². The summed E-state index contributed by atoms with van der Waals surface area (Å²) in [5.41, 5.74) is 0.576. The van der Waals surface area contributed by atoms with Gasteiger partial charge in [-0.25, -0.2) is 0 Å². The van der Waals surface area contributed by atoms with E-state index in [9.17, 15) is 0 Å². The zero-order valence-electron chi connectivity index (χ0n) is 11.0. The maximum absolute atomic E-state index is 5.19. The van der Waals surface area contributed by atoms with E-state index in [1.54, 1.807) is 0 Å². The average molecular weight is 263 g/mol. The Morgan fingerprint density at radius 1 is 1.17 bits per heavy atom. The second kappa shape index (κ2) is 3.75. The molecule has 0 aromatic carbocycles. The maximum atomic E-state index is 5.19. The highest BCUT2D eigenvalue weighted by atomic mass is 32.1. The predicted molar refractivity (Wildman–Crippen MR) is 74.2 cm³/mol. The van der Waals surface area contributed by atoms with Gasteiger partial charge in [0.25, 0.3) is 0 Å². The standard InChI is InChI=1S/C14H21N3S/c1-17-12(15-16-13(17)18)8-14-5-9-2-10(6-14)4-11(3-9)7-14/h9-12H,2-8H2,1H3. The van der Waals surface area contributed by atoms with Crippen molar-refractivity contribution in [3.63, 3.8) is 0 Å². The number of hydrogen-bond donors (Lipinski definition) is 0. The van der Waals surface area contributed by atoms with Crippen LogP contribution in [0.3, 0.4) is 0 Å². The van der Waals surface area contributed by atoms with Crippen LogP contribution in [-0.4, -0.2) is 23.2 Å². The molecular formula is C14H21N3S. The molecule has 4 saturated carbocycles. The highest BCUT2D eigenvalue weighted by molar-refractivity contribution is 7.80. The van der Waals surface area contributed by atoms with Gasteiger partial charge in [-0.15, -0.1) is 5.11 Å². The summed E-state index contributed by atoms with van der Waals surface area (Å²) in [5, 5.41) is 9.13. The third kappa shape index (κ3) is 1.64. The number of thiocarbonyl (C=S) groups is 1. The predicted octanol–water partition coefficient (Wildman–Crippen LogP) is 3.60. The van der Waals surface area contributed by atoms with Crippen LogP contribution in [-0.2, 0) is 0 Å². The van der Waals surface area contributed by atoms with E-state index in [-0.39, 0.29) is 6.17 Å². The monoisotopic (exact) mass is 263 g/mol. The first-order valence-corrected chi connectivity index (χ1v) is 7.72. The summed E-state index contributed by atoms with van der Waals surface area (Å²) < 4.78 is 0. The largest absolute Gasteiger partial charge is 0.325 e. The van der Waals surface area contributed by atoms with Crippen LogP contribution in [0.5, 0.6) is 0 Å². The molecule has 3 nitrogen and oxygen atoms in total. The Morgan fingerprint density at radius 3 is 2.17 bits per heavy atom. The van der Waals surface area contributed by atoms with Gasteiger partial charge in [-0.2, -0.15) is 5.11 Å². The molecule has 98 valence electrons. The second-order valence-corrected chi connectivity index (χ2v) is 7.58. The molecule has 5 rings (SSSR count). The lowest BCUT2D eigenvalue weighted by Crippen LogP contribution is -2.48. The van der Waals surface area contributed by atoms with Crippen molar-refractivity contribution in [2.75, 3.05) is 7.05 Å². The molecule has 4 bridgehead atoms. The van der Waals surface area contributed by atoms with Gasteiger partial charge in [0.05, 0.1) is 0 Å². The summed E-state index contributed by atoms with van der Waals surface area (Å²) in [6, 6.07) is 0. The molecule has 4 aliphatic carbocycles. The highest BCUT2D eigenvalue weighted by Gasteiger charge is 2.52. The average Bonchev–Trinajstić information content (AvgIpc) is 2.58. The molecule has 0 amide bonds. The molecule has 4 heteroatoms. The minimum atomic E-state index is 0.230. The molecule has 18 heavy (non-hydrogen) atoms. The SMILES string of the molecule is CN1C(=S)N=NC1CC12CC3CC(CC(C3)C1)C2. The van der Waals surface area contributed by atoms with Crippen molar-refractivity contribution in [3.05, 3.63) is 0 Å². The lowest BCUT2D eigenvalue weighted by molar-refractivity contribution is -0.0645. The summed E-state index contributed by atoms with van der Waals surface area (Å²) in [6.07, 6.45) is 10.3. The molecular weight excluding hydrogens is 242 g/mol. The minimum absolute atomic E-state index is 0.230. The highest BCUT2D eigenvalue weighted by Crippen LogP contribution is 2.61. The summed E-state index contributed by atoms with van der Waals surface area (Å²) in [4.78, 5) is 2.09. The normalized spacial score (nSPS) is 49.4. The van der Waals surface area contributed by atoms with E-state index in [1.165, 1.54) is 44.9 Å². The Balaban J connectivity index is 1.54. The van der Waals surface area contributed by atoms with Gasteiger partial charge in [-0.3, -0.25) is 0 Å². The second-order valence-electron chi connectivity index (χ2n) is 7.21. The Labute approximate surface area is 114 Å². The quantitative estimate of drug-likeness (QED) is 0.712. The molecule has 0 N–H and O–H groups in total. The number of rotatable bonds is 2. The fourth-order valence-corrected chi connectivity index (χ4v) is 5.67. The van der Waals surface area contributed by atoms with Crippen molar-refractivity contribution < 1.29 is 0 Å². The number of hydrogen-bond acceptors (Lipinski definition) is 2. The maximum Gasteiger partial charge on any atom is 0.217 e. The molecule has 0 aromatic rings. The first kappa shape index (κ1) is 11.3. The van der Waals surface area contributed by atoms with Gasteiger partial charge in [-0.05, 0) is 80.3 Å². The first-order chi connectivity index (χ1) is 8.63. The third-order valence-electron chi connectivity index (χ3n) is 5.81. The van der Waals surface area contributed by atoms with Gasteiger partial charge in [0.15, 0.2) is 0 Å². The van der Waals surface area contributed by atoms with E-state index in [4.69, 9.17) is 12.2 Å². The molecule has 1 unspecified atom stereocenters. The molecule has 1 atom stereocenters. The smallest absolute Gasteiger partial charge is 0.217 e. The molecule has 4 fully saturated rings. The van der Waals surface area contributed by atoms with E-state index in [1.807, 2.05) is 7.05 Å². The molecule has 0 aromatic heterocycles. The van der Waals surface area contributed by atoms with Crippen LogP contribution in [0.2, 0.25) is 0 Å². The fraction of sp³-hybridized carbons (Fsp3) is 0.929. The zero-order chi connectivity index (χ0) is 12.3. The lowest BCUT2D eigenvalue weighted by atomic mass is 9.48. The first-order valence-electron chi connectivity index (χ1n) is 7.31. The van der Waals surface area contributed by atoms with Crippen molar-refractivity contribution in [1.82, 2.24) is 4.90 Å². The lowest BCUT2D eigenvalue weighted by Gasteiger charge is -2.57. The van der Waals surface area contributed by atoms with Crippen LogP contribution in [0.15, 0.2) is 10.2 Å². The van der Waals surface area contributed by atoms with E-state index >= 15 is 0 Å². The van der Waals surface area contributed by atoms with Gasteiger partial charge in [0.1, 0.15) is 6.17 Å². The van der Waals surface area contributed by atoms with Crippen molar-refractivity contribution in [2.24, 2.45) is 33.4 Å². The van der Waals surface area contributed by atoms with Crippen molar-refractivity contribution >= 4 is 17.3 Å². The molecule has 5 aliphatic rings. The fourth-order valence-electron chi connectivity index (χ4n) is 5.50. The van der Waals surface area contributed by atoms with Gasteiger partial charge in [0.2, 0.25) is 5.11 Å². The zero-order valence-corrected chi connectivity index (χ0v) is 11.8. The van der Waals surface area contributed by atoms with E-state index in [2.05, 4.69) is 15.1 Å². The van der Waals surface area contributed by atoms with E-state index in [0.717, 1.165) is 17.8 Å². The Morgan fingerprint density at radius 2 is 1.72 bits per heavy atom. The summed E-state index contributed by atoms with van der Waals surface area (Å²) in [7, 11) is 2.05.